The first kappa shape index (κ1) is 12.6. The lowest BCUT2D eigenvalue weighted by Crippen LogP contribution is -1.99. The standard InChI is InChI=1S/C14H15ClOS/c1-8-4-5-11(7-12(8)15)13(16)14-9(2)6-10(3)17-14/h4-7,13,16H,1-3H3. The summed E-state index contributed by atoms with van der Waals surface area (Å²) in [6, 6.07) is 7.81. The van der Waals surface area contributed by atoms with Crippen LogP contribution in [0.25, 0.3) is 0 Å². The van der Waals surface area contributed by atoms with E-state index in [0.717, 1.165) is 21.6 Å². The van der Waals surface area contributed by atoms with Gasteiger partial charge in [0, 0.05) is 14.8 Å². The largest absolute Gasteiger partial charge is 0.383 e. The normalized spacial score (nSPS) is 12.8. The first-order chi connectivity index (χ1) is 7.99. The maximum Gasteiger partial charge on any atom is 0.114 e. The van der Waals surface area contributed by atoms with E-state index in [0.29, 0.717) is 5.02 Å². The zero-order valence-electron chi connectivity index (χ0n) is 10.1. The highest BCUT2D eigenvalue weighted by atomic mass is 35.5. The van der Waals surface area contributed by atoms with Crippen LogP contribution in [-0.4, -0.2) is 5.11 Å². The Kier molecular flexibility index (Phi) is 3.57. The van der Waals surface area contributed by atoms with E-state index in [1.165, 1.54) is 4.88 Å². The third-order valence-corrected chi connectivity index (χ3v) is 4.45. The minimum Gasteiger partial charge on any atom is -0.383 e. The van der Waals surface area contributed by atoms with E-state index >= 15 is 0 Å². The van der Waals surface area contributed by atoms with Crippen molar-refractivity contribution in [3.63, 3.8) is 0 Å². The Morgan fingerprint density at radius 1 is 1.12 bits per heavy atom. The van der Waals surface area contributed by atoms with Gasteiger partial charge >= 0.3 is 0 Å². The Morgan fingerprint density at radius 2 is 1.82 bits per heavy atom. The van der Waals surface area contributed by atoms with Gasteiger partial charge in [-0.2, -0.15) is 0 Å². The zero-order valence-corrected chi connectivity index (χ0v) is 11.7. The second-order valence-electron chi connectivity index (χ2n) is 4.32. The lowest BCUT2D eigenvalue weighted by molar-refractivity contribution is 0.223. The minimum absolute atomic E-state index is 0.577. The molecule has 3 heteroatoms. The van der Waals surface area contributed by atoms with Crippen LogP contribution in [0.3, 0.4) is 0 Å². The van der Waals surface area contributed by atoms with Crippen molar-refractivity contribution >= 4 is 22.9 Å². The molecule has 17 heavy (non-hydrogen) atoms. The van der Waals surface area contributed by atoms with Gasteiger partial charge in [0.25, 0.3) is 0 Å². The molecule has 0 radical (unpaired) electrons. The van der Waals surface area contributed by atoms with Gasteiger partial charge in [-0.15, -0.1) is 11.3 Å². The summed E-state index contributed by atoms with van der Waals surface area (Å²) in [7, 11) is 0. The maximum atomic E-state index is 10.4. The van der Waals surface area contributed by atoms with Gasteiger partial charge in [0.05, 0.1) is 0 Å². The Labute approximate surface area is 111 Å². The number of thiophene rings is 1. The number of aryl methyl sites for hydroxylation is 3. The molecule has 0 spiro atoms. The summed E-state index contributed by atoms with van der Waals surface area (Å²) >= 11 is 7.72. The van der Waals surface area contributed by atoms with Crippen molar-refractivity contribution in [2.24, 2.45) is 0 Å². The topological polar surface area (TPSA) is 20.2 Å². The molecule has 1 heterocycles. The number of aliphatic hydroxyl groups excluding tert-OH is 1. The predicted octanol–water partition coefficient (Wildman–Crippen LogP) is 4.41. The molecule has 0 aliphatic carbocycles. The van der Waals surface area contributed by atoms with Crippen LogP contribution in [-0.2, 0) is 0 Å². The molecule has 0 amide bonds. The van der Waals surface area contributed by atoms with Crippen molar-refractivity contribution in [2.75, 3.05) is 0 Å². The number of rotatable bonds is 2. The fourth-order valence-corrected chi connectivity index (χ4v) is 3.10. The number of hydrogen-bond acceptors (Lipinski definition) is 2. The van der Waals surface area contributed by atoms with Gasteiger partial charge in [0.15, 0.2) is 0 Å². The van der Waals surface area contributed by atoms with E-state index in [1.54, 1.807) is 11.3 Å². The SMILES string of the molecule is Cc1cc(C)c(C(O)c2ccc(C)c(Cl)c2)s1. The summed E-state index contributed by atoms with van der Waals surface area (Å²) in [5.74, 6) is 0. The smallest absolute Gasteiger partial charge is 0.114 e. The van der Waals surface area contributed by atoms with Crippen LogP contribution in [0.1, 0.15) is 32.5 Å². The van der Waals surface area contributed by atoms with E-state index in [4.69, 9.17) is 11.6 Å². The molecule has 2 rings (SSSR count). The Balaban J connectivity index is 2.40. The van der Waals surface area contributed by atoms with Crippen LogP contribution in [0.2, 0.25) is 5.02 Å². The molecule has 1 atom stereocenters. The monoisotopic (exact) mass is 266 g/mol. The van der Waals surface area contributed by atoms with Gasteiger partial charge in [-0.25, -0.2) is 0 Å². The maximum absolute atomic E-state index is 10.4. The van der Waals surface area contributed by atoms with E-state index in [2.05, 4.69) is 13.0 Å². The van der Waals surface area contributed by atoms with Crippen molar-refractivity contribution in [2.45, 2.75) is 26.9 Å². The van der Waals surface area contributed by atoms with Crippen LogP contribution >= 0.6 is 22.9 Å². The van der Waals surface area contributed by atoms with Gasteiger partial charge < -0.3 is 5.11 Å². The summed E-state index contributed by atoms with van der Waals surface area (Å²) in [5, 5.41) is 11.1. The van der Waals surface area contributed by atoms with Crippen LogP contribution in [0.15, 0.2) is 24.3 Å². The molecular weight excluding hydrogens is 252 g/mol. The van der Waals surface area contributed by atoms with Crippen LogP contribution in [0, 0.1) is 20.8 Å². The van der Waals surface area contributed by atoms with Crippen LogP contribution < -0.4 is 0 Å². The summed E-state index contributed by atoms with van der Waals surface area (Å²) in [4.78, 5) is 2.22. The summed E-state index contributed by atoms with van der Waals surface area (Å²) in [6.45, 7) is 6.03. The van der Waals surface area contributed by atoms with Crippen molar-refractivity contribution in [3.05, 3.63) is 55.7 Å². The molecule has 2 aromatic rings. The highest BCUT2D eigenvalue weighted by Gasteiger charge is 2.16. The summed E-state index contributed by atoms with van der Waals surface area (Å²) in [5.41, 5.74) is 3.02. The lowest BCUT2D eigenvalue weighted by Gasteiger charge is -2.11. The molecule has 1 aromatic heterocycles. The van der Waals surface area contributed by atoms with Crippen LogP contribution in [0.4, 0.5) is 0 Å². The van der Waals surface area contributed by atoms with Gasteiger partial charge in [-0.3, -0.25) is 0 Å². The third kappa shape index (κ3) is 2.54. The fourth-order valence-electron chi connectivity index (χ4n) is 1.86. The first-order valence-corrected chi connectivity index (χ1v) is 6.69. The third-order valence-electron chi connectivity index (χ3n) is 2.84. The number of aliphatic hydroxyl groups is 1. The number of halogens is 1. The molecule has 90 valence electrons. The van der Waals surface area contributed by atoms with E-state index in [-0.39, 0.29) is 0 Å². The number of benzene rings is 1. The predicted molar refractivity (Wildman–Crippen MR) is 74.0 cm³/mol. The van der Waals surface area contributed by atoms with Crippen molar-refractivity contribution in [1.82, 2.24) is 0 Å². The Morgan fingerprint density at radius 3 is 2.35 bits per heavy atom. The van der Waals surface area contributed by atoms with Gasteiger partial charge in [-0.05, 0) is 49.6 Å². The Bertz CT molecular complexity index is 545. The summed E-state index contributed by atoms with van der Waals surface area (Å²) < 4.78 is 0. The summed E-state index contributed by atoms with van der Waals surface area (Å²) in [6.07, 6.45) is -0.577. The van der Waals surface area contributed by atoms with Gasteiger partial charge in [0.1, 0.15) is 6.10 Å². The van der Waals surface area contributed by atoms with Crippen molar-refractivity contribution < 1.29 is 5.11 Å². The fraction of sp³-hybridized carbons (Fsp3) is 0.286. The molecule has 1 nitrogen and oxygen atoms in total. The van der Waals surface area contributed by atoms with Crippen LogP contribution in [0.5, 0.6) is 0 Å². The molecule has 0 aliphatic rings. The van der Waals surface area contributed by atoms with Gasteiger partial charge in [-0.1, -0.05) is 23.7 Å². The molecule has 0 aliphatic heterocycles. The van der Waals surface area contributed by atoms with E-state index in [1.807, 2.05) is 32.0 Å². The number of hydrogen-bond donors (Lipinski definition) is 1. The average Bonchev–Trinajstić information content (AvgIpc) is 2.61. The second kappa shape index (κ2) is 4.81. The van der Waals surface area contributed by atoms with E-state index in [9.17, 15) is 5.11 Å². The van der Waals surface area contributed by atoms with E-state index < -0.39 is 6.10 Å². The van der Waals surface area contributed by atoms with Crippen molar-refractivity contribution in [3.8, 4) is 0 Å². The average molecular weight is 267 g/mol. The van der Waals surface area contributed by atoms with Crippen molar-refractivity contribution in [1.29, 1.82) is 0 Å². The molecule has 1 aromatic carbocycles. The molecule has 0 saturated carbocycles. The molecule has 0 saturated heterocycles. The molecule has 0 bridgehead atoms. The van der Waals surface area contributed by atoms with Gasteiger partial charge in [0.2, 0.25) is 0 Å². The quantitative estimate of drug-likeness (QED) is 0.854. The molecular formula is C14H15ClOS. The molecule has 0 fully saturated rings. The second-order valence-corrected chi connectivity index (χ2v) is 6.01. The lowest BCUT2D eigenvalue weighted by atomic mass is 10.0. The molecule has 1 N–H and O–H groups in total. The zero-order chi connectivity index (χ0) is 12.6. The molecule has 1 unspecified atom stereocenters. The highest BCUT2D eigenvalue weighted by molar-refractivity contribution is 7.12. The highest BCUT2D eigenvalue weighted by Crippen LogP contribution is 2.33. The first-order valence-electron chi connectivity index (χ1n) is 5.50. The minimum atomic E-state index is -0.577. The Hall–Kier alpha value is -0.830.